The van der Waals surface area contributed by atoms with Gasteiger partial charge in [0.2, 0.25) is 0 Å². The van der Waals surface area contributed by atoms with Crippen molar-refractivity contribution in [2.75, 3.05) is 0 Å². The van der Waals surface area contributed by atoms with Crippen molar-refractivity contribution in [3.63, 3.8) is 0 Å². The number of halogens is 2. The molecule has 0 aliphatic carbocycles. The molecule has 0 aliphatic rings. The van der Waals surface area contributed by atoms with Crippen molar-refractivity contribution in [3.05, 3.63) is 0 Å². The molecule has 48 valence electrons. The van der Waals surface area contributed by atoms with E-state index in [0.717, 1.165) is 0 Å². The van der Waals surface area contributed by atoms with Crippen LogP contribution in [-0.2, 0) is 13.2 Å². The molecule has 0 aliphatic heterocycles. The third kappa shape index (κ3) is 25.6. The van der Waals surface area contributed by atoms with Gasteiger partial charge < -0.3 is 0 Å². The van der Waals surface area contributed by atoms with Gasteiger partial charge in [0.15, 0.2) is 0 Å². The summed E-state index contributed by atoms with van der Waals surface area (Å²) < 4.78 is 0. The second-order valence-corrected chi connectivity index (χ2v) is 15.5. The van der Waals surface area contributed by atoms with Crippen molar-refractivity contribution in [1.82, 2.24) is 0 Å². The van der Waals surface area contributed by atoms with Crippen LogP contribution in [0.1, 0.15) is 33.1 Å². The molecule has 0 bridgehead atoms. The van der Waals surface area contributed by atoms with Crippen molar-refractivity contribution in [2.24, 2.45) is 0 Å². The number of rotatable bonds is 2. The molecule has 0 rings (SSSR count). The van der Waals surface area contributed by atoms with Crippen LogP contribution in [0.5, 0.6) is 0 Å². The van der Waals surface area contributed by atoms with Gasteiger partial charge in [-0.2, -0.15) is 0 Å². The molecule has 0 unspecified atom stereocenters. The van der Waals surface area contributed by atoms with E-state index in [2.05, 4.69) is 41.1 Å². The second-order valence-electron chi connectivity index (χ2n) is 1.45. The van der Waals surface area contributed by atoms with Crippen LogP contribution >= 0.6 is 27.2 Å². The zero-order chi connectivity index (χ0) is 6.83. The summed E-state index contributed by atoms with van der Waals surface area (Å²) in [4.78, 5) is 0. The van der Waals surface area contributed by atoms with Gasteiger partial charge in [0, 0.05) is 0 Å². The normalized spacial score (nSPS) is 6.50. The van der Waals surface area contributed by atoms with Crippen LogP contribution in [0.2, 0.25) is 0 Å². The molecular formula is C5H12Br2Zn. The van der Waals surface area contributed by atoms with Crippen molar-refractivity contribution < 1.29 is 13.2 Å². The standard InChI is InChI=1S/C5H12.2BrH.Zn/c1-3-5-4-2;;;/h3-5H2,1-2H3;2*1H;/q;;;+2/p-2. The fourth-order valence-corrected chi connectivity index (χ4v) is 0.354. The van der Waals surface area contributed by atoms with Gasteiger partial charge in [-0.3, -0.25) is 0 Å². The Bertz CT molecular complexity index is 24.4. The van der Waals surface area contributed by atoms with Gasteiger partial charge >= 0.3 is 40.5 Å². The van der Waals surface area contributed by atoms with Gasteiger partial charge in [-0.1, -0.05) is 33.1 Å². The fourth-order valence-electron chi connectivity index (χ4n) is 0.354. The Morgan fingerprint density at radius 1 is 1.12 bits per heavy atom. The SMILES string of the molecule is CCCCC.[Br][Zn][Br]. The predicted octanol–water partition coefficient (Wildman–Crippen LogP) is 3.89. The molecule has 0 atom stereocenters. The summed E-state index contributed by atoms with van der Waals surface area (Å²) in [5.74, 6) is 0. The quantitative estimate of drug-likeness (QED) is 0.678. The zero-order valence-corrected chi connectivity index (χ0v) is 11.7. The maximum absolute atomic E-state index is 3.25. The monoisotopic (exact) mass is 294 g/mol. The molecule has 0 N–H and O–H groups in total. The first-order valence-electron chi connectivity index (χ1n) is 2.95. The molecule has 0 saturated carbocycles. The molecule has 3 heteroatoms. The van der Waals surface area contributed by atoms with Gasteiger partial charge in [0.1, 0.15) is 0 Å². The molecule has 8 heavy (non-hydrogen) atoms. The van der Waals surface area contributed by atoms with Gasteiger partial charge in [-0.25, -0.2) is 0 Å². The topological polar surface area (TPSA) is 0 Å². The molecule has 0 radical (unpaired) electrons. The molecule has 0 heterocycles. The molecule has 0 saturated heterocycles. The molecule has 0 aromatic rings. The van der Waals surface area contributed by atoms with Crippen molar-refractivity contribution in [2.45, 2.75) is 33.1 Å². The molecule has 0 aromatic heterocycles. The Labute approximate surface area is 73.1 Å². The number of hydrogen-bond donors (Lipinski definition) is 0. The van der Waals surface area contributed by atoms with Gasteiger partial charge in [0.05, 0.1) is 0 Å². The third-order valence-corrected chi connectivity index (χ3v) is 0.707. The van der Waals surface area contributed by atoms with E-state index in [-0.39, 0.29) is 13.2 Å². The molecule has 0 nitrogen and oxygen atoms in total. The Morgan fingerprint density at radius 2 is 1.38 bits per heavy atom. The summed E-state index contributed by atoms with van der Waals surface area (Å²) in [7, 11) is 0. The molecular weight excluding hydrogens is 285 g/mol. The van der Waals surface area contributed by atoms with E-state index >= 15 is 0 Å². The first-order chi connectivity index (χ1) is 3.83. The summed E-state index contributed by atoms with van der Waals surface area (Å²) in [6.07, 6.45) is 4.08. The number of hydrogen-bond acceptors (Lipinski definition) is 0. The van der Waals surface area contributed by atoms with E-state index in [4.69, 9.17) is 0 Å². The van der Waals surface area contributed by atoms with Crippen LogP contribution in [0.3, 0.4) is 0 Å². The summed E-state index contributed by atoms with van der Waals surface area (Å²) >= 11 is 6.25. The van der Waals surface area contributed by atoms with Crippen LogP contribution in [-0.4, -0.2) is 0 Å². The summed E-state index contributed by atoms with van der Waals surface area (Å²) in [5.41, 5.74) is 0. The van der Waals surface area contributed by atoms with Crippen LogP contribution < -0.4 is 0 Å². The van der Waals surface area contributed by atoms with E-state index in [0.29, 0.717) is 0 Å². The molecule has 0 spiro atoms. The van der Waals surface area contributed by atoms with Crippen LogP contribution in [0, 0.1) is 0 Å². The van der Waals surface area contributed by atoms with E-state index in [1.807, 2.05) is 0 Å². The average Bonchev–Trinajstić information content (AvgIpc) is 1.71. The summed E-state index contributed by atoms with van der Waals surface area (Å²) in [6, 6.07) is 0. The van der Waals surface area contributed by atoms with Crippen LogP contribution in [0.4, 0.5) is 0 Å². The minimum absolute atomic E-state index is 0.250. The third-order valence-electron chi connectivity index (χ3n) is 0.707. The first-order valence-corrected chi connectivity index (χ1v) is 16.8. The summed E-state index contributed by atoms with van der Waals surface area (Å²) in [5, 5.41) is 0. The van der Waals surface area contributed by atoms with Gasteiger partial charge in [-0.15, -0.1) is 0 Å². The maximum atomic E-state index is 3.25. The van der Waals surface area contributed by atoms with E-state index in [1.165, 1.54) is 19.3 Å². The van der Waals surface area contributed by atoms with Crippen LogP contribution in [0.15, 0.2) is 0 Å². The van der Waals surface area contributed by atoms with Crippen molar-refractivity contribution in [3.8, 4) is 0 Å². The Hall–Kier alpha value is 1.58. The first kappa shape index (κ1) is 12.3. The van der Waals surface area contributed by atoms with E-state index in [9.17, 15) is 0 Å². The minimum atomic E-state index is -0.250. The Kier molecular flexibility index (Phi) is 24.3. The molecule has 0 aromatic carbocycles. The fraction of sp³-hybridized carbons (Fsp3) is 1.00. The zero-order valence-electron chi connectivity index (χ0n) is 5.58. The van der Waals surface area contributed by atoms with Crippen molar-refractivity contribution in [1.29, 1.82) is 0 Å². The predicted molar refractivity (Wildman–Crippen MR) is 43.1 cm³/mol. The Balaban J connectivity index is 0. The average molecular weight is 297 g/mol. The van der Waals surface area contributed by atoms with E-state index in [1.54, 1.807) is 0 Å². The second kappa shape index (κ2) is 15.8. The van der Waals surface area contributed by atoms with Gasteiger partial charge in [0.25, 0.3) is 0 Å². The van der Waals surface area contributed by atoms with Crippen LogP contribution in [0.25, 0.3) is 0 Å². The van der Waals surface area contributed by atoms with E-state index < -0.39 is 0 Å². The summed E-state index contributed by atoms with van der Waals surface area (Å²) in [6.45, 7) is 4.42. The number of unbranched alkanes of at least 4 members (excludes halogenated alkanes) is 2. The molecule has 0 amide bonds. The van der Waals surface area contributed by atoms with Gasteiger partial charge in [-0.05, 0) is 0 Å². The van der Waals surface area contributed by atoms with Crippen molar-refractivity contribution >= 4 is 27.2 Å². The molecule has 0 fully saturated rings. The Morgan fingerprint density at radius 3 is 1.38 bits per heavy atom.